The Morgan fingerprint density at radius 2 is 2.27 bits per heavy atom. The van der Waals surface area contributed by atoms with Crippen molar-refractivity contribution in [2.24, 2.45) is 7.05 Å². The van der Waals surface area contributed by atoms with Gasteiger partial charge in [-0.15, -0.1) is 0 Å². The molecule has 1 aromatic rings. The van der Waals surface area contributed by atoms with Gasteiger partial charge in [0.15, 0.2) is 0 Å². The number of aromatic nitrogens is 2. The molecule has 0 saturated heterocycles. The minimum absolute atomic E-state index is 0.0908. The summed E-state index contributed by atoms with van der Waals surface area (Å²) in [5.41, 5.74) is 0.420. The van der Waals surface area contributed by atoms with Gasteiger partial charge < -0.3 is 9.90 Å². The highest BCUT2D eigenvalue weighted by Gasteiger charge is 2.24. The molecule has 5 heteroatoms. The molecule has 0 aromatic carbocycles. The molecule has 0 bridgehead atoms. The second-order valence-corrected chi connectivity index (χ2v) is 4.39. The van der Waals surface area contributed by atoms with Crippen molar-refractivity contribution in [2.45, 2.75) is 32.3 Å². The average molecular weight is 231 g/mol. The van der Waals surface area contributed by atoms with E-state index >= 15 is 0 Å². The standard InChI is InChI=1S/C10H15ClN2O2/c1-7-9(11)8(13(3)12-7)6-10(2,15)4-5-14/h5,15H,4,6H2,1-3H3. The van der Waals surface area contributed by atoms with Crippen LogP contribution in [0, 0.1) is 6.92 Å². The normalized spacial score (nSPS) is 15.0. The van der Waals surface area contributed by atoms with Crippen LogP contribution in [0.4, 0.5) is 0 Å². The fourth-order valence-corrected chi connectivity index (χ4v) is 1.71. The number of carbonyl (C=O) groups excluding carboxylic acids is 1. The summed E-state index contributed by atoms with van der Waals surface area (Å²) in [6.45, 7) is 3.42. The quantitative estimate of drug-likeness (QED) is 0.793. The highest BCUT2D eigenvalue weighted by atomic mass is 35.5. The van der Waals surface area contributed by atoms with Crippen LogP contribution in [0.15, 0.2) is 0 Å². The van der Waals surface area contributed by atoms with Crippen LogP contribution < -0.4 is 0 Å². The lowest BCUT2D eigenvalue weighted by molar-refractivity contribution is -0.111. The topological polar surface area (TPSA) is 55.1 Å². The number of hydrogen-bond donors (Lipinski definition) is 1. The number of rotatable bonds is 4. The number of nitrogens with zero attached hydrogens (tertiary/aromatic N) is 2. The van der Waals surface area contributed by atoms with Crippen molar-refractivity contribution in [3.63, 3.8) is 0 Å². The molecule has 0 aliphatic heterocycles. The molecule has 1 aromatic heterocycles. The highest BCUT2D eigenvalue weighted by Crippen LogP contribution is 2.24. The Balaban J connectivity index is 2.93. The molecule has 1 heterocycles. The van der Waals surface area contributed by atoms with E-state index < -0.39 is 5.60 Å². The van der Waals surface area contributed by atoms with Crippen LogP contribution >= 0.6 is 11.6 Å². The Labute approximate surface area is 93.9 Å². The molecule has 0 spiro atoms. The molecule has 1 N–H and O–H groups in total. The molecule has 0 radical (unpaired) electrons. The van der Waals surface area contributed by atoms with E-state index in [4.69, 9.17) is 11.6 Å². The minimum atomic E-state index is -1.06. The lowest BCUT2D eigenvalue weighted by Gasteiger charge is -2.20. The second-order valence-electron chi connectivity index (χ2n) is 4.01. The van der Waals surface area contributed by atoms with E-state index in [0.29, 0.717) is 17.7 Å². The molecule has 84 valence electrons. The van der Waals surface area contributed by atoms with Gasteiger partial charge in [-0.3, -0.25) is 4.68 Å². The summed E-state index contributed by atoms with van der Waals surface area (Å²) in [5.74, 6) is 0. The first-order valence-corrected chi connectivity index (χ1v) is 5.09. The van der Waals surface area contributed by atoms with Crippen molar-refractivity contribution in [1.29, 1.82) is 0 Å². The van der Waals surface area contributed by atoms with Gasteiger partial charge in [-0.25, -0.2) is 0 Å². The van der Waals surface area contributed by atoms with Crippen molar-refractivity contribution in [3.8, 4) is 0 Å². The Bertz CT molecular complexity index is 372. The number of aryl methyl sites for hydroxylation is 2. The monoisotopic (exact) mass is 230 g/mol. The van der Waals surface area contributed by atoms with Crippen LogP contribution in [-0.2, 0) is 18.3 Å². The predicted molar refractivity (Wildman–Crippen MR) is 58.0 cm³/mol. The SMILES string of the molecule is Cc1nn(C)c(CC(C)(O)CC=O)c1Cl. The van der Waals surface area contributed by atoms with Gasteiger partial charge >= 0.3 is 0 Å². The van der Waals surface area contributed by atoms with E-state index in [2.05, 4.69) is 5.10 Å². The maximum Gasteiger partial charge on any atom is 0.122 e. The van der Waals surface area contributed by atoms with Gasteiger partial charge in [-0.05, 0) is 13.8 Å². The van der Waals surface area contributed by atoms with Crippen LogP contribution in [0.5, 0.6) is 0 Å². The molecule has 0 saturated carbocycles. The third-order valence-corrected chi connectivity index (χ3v) is 2.82. The molecule has 15 heavy (non-hydrogen) atoms. The van der Waals surface area contributed by atoms with Crippen LogP contribution in [0.2, 0.25) is 5.02 Å². The van der Waals surface area contributed by atoms with Crippen LogP contribution in [-0.4, -0.2) is 26.8 Å². The zero-order valence-electron chi connectivity index (χ0n) is 9.12. The largest absolute Gasteiger partial charge is 0.389 e. The van der Waals surface area contributed by atoms with Crippen molar-refractivity contribution in [2.75, 3.05) is 0 Å². The zero-order chi connectivity index (χ0) is 11.6. The first kappa shape index (κ1) is 12.2. The maximum atomic E-state index is 10.4. The molecule has 0 aliphatic carbocycles. The number of hydrogen-bond acceptors (Lipinski definition) is 3. The van der Waals surface area contributed by atoms with Crippen LogP contribution in [0.1, 0.15) is 24.7 Å². The summed E-state index contributed by atoms with van der Waals surface area (Å²) in [4.78, 5) is 10.4. The Morgan fingerprint density at radius 1 is 1.67 bits per heavy atom. The summed E-state index contributed by atoms with van der Waals surface area (Å²) < 4.78 is 1.64. The van der Waals surface area contributed by atoms with Crippen LogP contribution in [0.3, 0.4) is 0 Å². The molecule has 0 aliphatic rings. The van der Waals surface area contributed by atoms with E-state index in [0.717, 1.165) is 11.4 Å². The van der Waals surface area contributed by atoms with Gasteiger partial charge in [0.05, 0.1) is 22.0 Å². The molecule has 1 unspecified atom stereocenters. The second kappa shape index (κ2) is 4.33. The molecule has 1 rings (SSSR count). The fraction of sp³-hybridized carbons (Fsp3) is 0.600. The van der Waals surface area contributed by atoms with E-state index in [1.807, 2.05) is 0 Å². The number of halogens is 1. The van der Waals surface area contributed by atoms with Gasteiger partial charge in [0.1, 0.15) is 6.29 Å². The van der Waals surface area contributed by atoms with Gasteiger partial charge in [0.2, 0.25) is 0 Å². The summed E-state index contributed by atoms with van der Waals surface area (Å²) in [6, 6.07) is 0. The number of carbonyl (C=O) groups is 1. The van der Waals surface area contributed by atoms with Crippen LogP contribution in [0.25, 0.3) is 0 Å². The average Bonchev–Trinajstić information content (AvgIpc) is 2.32. The molecular formula is C10H15ClN2O2. The lowest BCUT2D eigenvalue weighted by atomic mass is 9.97. The number of aliphatic hydroxyl groups is 1. The maximum absolute atomic E-state index is 10.4. The fourth-order valence-electron chi connectivity index (χ4n) is 1.48. The predicted octanol–water partition coefficient (Wildman–Crippen LogP) is 1.26. The van der Waals surface area contributed by atoms with Gasteiger partial charge in [0, 0.05) is 19.9 Å². The van der Waals surface area contributed by atoms with Gasteiger partial charge in [-0.1, -0.05) is 11.6 Å². The third kappa shape index (κ3) is 2.79. The van der Waals surface area contributed by atoms with E-state index in [9.17, 15) is 9.90 Å². The minimum Gasteiger partial charge on any atom is -0.389 e. The lowest BCUT2D eigenvalue weighted by Crippen LogP contribution is -2.28. The highest BCUT2D eigenvalue weighted by molar-refractivity contribution is 6.31. The zero-order valence-corrected chi connectivity index (χ0v) is 9.88. The van der Waals surface area contributed by atoms with Crippen molar-refractivity contribution < 1.29 is 9.90 Å². The van der Waals surface area contributed by atoms with E-state index in [1.165, 1.54) is 0 Å². The third-order valence-electron chi connectivity index (χ3n) is 2.33. The Kier molecular flexibility index (Phi) is 3.52. The first-order valence-electron chi connectivity index (χ1n) is 4.71. The van der Waals surface area contributed by atoms with Crippen molar-refractivity contribution in [3.05, 3.63) is 16.4 Å². The van der Waals surface area contributed by atoms with Gasteiger partial charge in [0.25, 0.3) is 0 Å². The molecule has 1 atom stereocenters. The van der Waals surface area contributed by atoms with E-state index in [1.54, 1.807) is 25.6 Å². The first-order chi connectivity index (χ1) is 6.87. The van der Waals surface area contributed by atoms with E-state index in [-0.39, 0.29) is 6.42 Å². The van der Waals surface area contributed by atoms with Crippen molar-refractivity contribution >= 4 is 17.9 Å². The summed E-state index contributed by atoms with van der Waals surface area (Å²) in [6.07, 6.45) is 1.12. The molecule has 4 nitrogen and oxygen atoms in total. The number of aldehydes is 1. The summed E-state index contributed by atoms with van der Waals surface area (Å²) in [5, 5.41) is 14.6. The molecule has 0 amide bonds. The summed E-state index contributed by atoms with van der Waals surface area (Å²) >= 11 is 6.04. The Hall–Kier alpha value is -0.870. The smallest absolute Gasteiger partial charge is 0.122 e. The molecular weight excluding hydrogens is 216 g/mol. The molecule has 0 fully saturated rings. The van der Waals surface area contributed by atoms with Crippen molar-refractivity contribution in [1.82, 2.24) is 9.78 Å². The summed E-state index contributed by atoms with van der Waals surface area (Å²) in [7, 11) is 1.77. The van der Waals surface area contributed by atoms with Gasteiger partial charge in [-0.2, -0.15) is 5.10 Å². The Morgan fingerprint density at radius 3 is 2.67 bits per heavy atom.